The average molecular weight is 326 g/mol. The molecule has 0 aliphatic rings. The van der Waals surface area contributed by atoms with Crippen LogP contribution in [0.3, 0.4) is 0 Å². The van der Waals surface area contributed by atoms with Gasteiger partial charge in [-0.2, -0.15) is 0 Å². The number of hydrogen-bond donors (Lipinski definition) is 0. The number of amides is 1. The van der Waals surface area contributed by atoms with E-state index in [0.29, 0.717) is 16.8 Å². The third kappa shape index (κ3) is 4.03. The highest BCUT2D eigenvalue weighted by atomic mass is 79.9. The summed E-state index contributed by atoms with van der Waals surface area (Å²) in [5, 5.41) is 0.495. The van der Waals surface area contributed by atoms with Gasteiger partial charge >= 0.3 is 0 Å². The van der Waals surface area contributed by atoms with Crippen molar-refractivity contribution in [3.8, 4) is 0 Å². The predicted molar refractivity (Wildman–Crippen MR) is 69.5 cm³/mol. The number of carbonyl (C=O) groups is 1. The quantitative estimate of drug-likeness (QED) is 0.759. The van der Waals surface area contributed by atoms with Crippen LogP contribution in [0.2, 0.25) is 0 Å². The molecule has 0 saturated heterocycles. The van der Waals surface area contributed by atoms with Crippen LogP contribution >= 0.6 is 27.3 Å². The fraction of sp³-hybridized carbons (Fsp3) is 0.545. The van der Waals surface area contributed by atoms with Gasteiger partial charge in [0, 0.05) is 16.8 Å². The topological polar surface area (TPSA) is 20.3 Å². The zero-order valence-corrected chi connectivity index (χ0v) is 12.1. The van der Waals surface area contributed by atoms with E-state index in [4.69, 9.17) is 0 Å². The molecule has 6 heteroatoms. The molecule has 0 aliphatic carbocycles. The smallest absolute Gasteiger partial charge is 0.264 e. The van der Waals surface area contributed by atoms with Crippen LogP contribution < -0.4 is 0 Å². The fourth-order valence-electron chi connectivity index (χ4n) is 1.38. The van der Waals surface area contributed by atoms with Crippen LogP contribution in [0, 0.1) is 13.8 Å². The molecule has 1 aromatic rings. The Hall–Kier alpha value is -0.490. The van der Waals surface area contributed by atoms with Crippen LogP contribution in [0.25, 0.3) is 0 Å². The van der Waals surface area contributed by atoms with Gasteiger partial charge in [-0.05, 0) is 25.5 Å². The summed E-state index contributed by atoms with van der Waals surface area (Å²) in [7, 11) is 0. The second-order valence-electron chi connectivity index (χ2n) is 3.68. The average Bonchev–Trinajstić information content (AvgIpc) is 2.57. The van der Waals surface area contributed by atoms with Crippen molar-refractivity contribution < 1.29 is 13.6 Å². The van der Waals surface area contributed by atoms with E-state index >= 15 is 0 Å². The fourth-order valence-corrected chi connectivity index (χ4v) is 2.81. The summed E-state index contributed by atoms with van der Waals surface area (Å²) in [5.41, 5.74) is 1.02. The highest BCUT2D eigenvalue weighted by Crippen LogP contribution is 2.22. The number of hydrogen-bond acceptors (Lipinski definition) is 2. The molecule has 2 nitrogen and oxygen atoms in total. The van der Waals surface area contributed by atoms with E-state index in [2.05, 4.69) is 15.9 Å². The standard InChI is InChI=1S/C11H14BrF2NOS/c1-7-5-9(17-8(7)2)11(16)15(4-3-12)6-10(13)14/h5,10H,3-4,6H2,1-2H3. The summed E-state index contributed by atoms with van der Waals surface area (Å²) < 4.78 is 24.7. The maximum absolute atomic E-state index is 12.4. The minimum atomic E-state index is -2.50. The summed E-state index contributed by atoms with van der Waals surface area (Å²) in [6.07, 6.45) is -2.50. The normalized spacial score (nSPS) is 10.9. The molecule has 1 rings (SSSR count). The predicted octanol–water partition coefficient (Wildman–Crippen LogP) is 3.47. The van der Waals surface area contributed by atoms with Gasteiger partial charge in [-0.15, -0.1) is 11.3 Å². The van der Waals surface area contributed by atoms with Crippen LogP contribution in [0.4, 0.5) is 8.78 Å². The third-order valence-corrected chi connectivity index (χ3v) is 3.87. The van der Waals surface area contributed by atoms with E-state index in [9.17, 15) is 13.6 Å². The molecule has 17 heavy (non-hydrogen) atoms. The van der Waals surface area contributed by atoms with Crippen LogP contribution in [-0.2, 0) is 0 Å². The van der Waals surface area contributed by atoms with Gasteiger partial charge in [0.05, 0.1) is 11.4 Å². The molecule has 0 saturated carbocycles. The summed E-state index contributed by atoms with van der Waals surface area (Å²) in [6, 6.07) is 1.76. The van der Waals surface area contributed by atoms with E-state index in [1.54, 1.807) is 6.07 Å². The summed E-state index contributed by atoms with van der Waals surface area (Å²) in [5.74, 6) is -0.314. The molecule has 0 spiro atoms. The molecule has 0 aromatic carbocycles. The van der Waals surface area contributed by atoms with E-state index in [1.165, 1.54) is 16.2 Å². The monoisotopic (exact) mass is 325 g/mol. The van der Waals surface area contributed by atoms with Gasteiger partial charge in [0.25, 0.3) is 12.3 Å². The number of alkyl halides is 3. The Bertz CT molecular complexity index is 375. The lowest BCUT2D eigenvalue weighted by Crippen LogP contribution is -2.36. The SMILES string of the molecule is Cc1cc(C(=O)N(CCBr)CC(F)F)sc1C. The first-order valence-corrected chi connectivity index (χ1v) is 7.10. The molecule has 0 radical (unpaired) electrons. The first-order chi connectivity index (χ1) is 7.95. The van der Waals surface area contributed by atoms with Gasteiger partial charge in [-0.3, -0.25) is 4.79 Å². The minimum absolute atomic E-state index is 0.291. The molecular formula is C11H14BrF2NOS. The van der Waals surface area contributed by atoms with Gasteiger partial charge < -0.3 is 4.90 Å². The molecule has 0 fully saturated rings. The van der Waals surface area contributed by atoms with E-state index in [-0.39, 0.29) is 5.91 Å². The van der Waals surface area contributed by atoms with Crippen molar-refractivity contribution >= 4 is 33.2 Å². The third-order valence-electron chi connectivity index (χ3n) is 2.38. The Morgan fingerprint density at radius 3 is 2.59 bits per heavy atom. The van der Waals surface area contributed by atoms with E-state index < -0.39 is 13.0 Å². The van der Waals surface area contributed by atoms with Crippen LogP contribution in [-0.4, -0.2) is 35.7 Å². The Labute approximate surface area is 112 Å². The number of aryl methyl sites for hydroxylation is 2. The van der Waals surface area contributed by atoms with Gasteiger partial charge in [-0.1, -0.05) is 15.9 Å². The molecule has 1 amide bonds. The maximum atomic E-state index is 12.4. The van der Waals surface area contributed by atoms with Crippen LogP contribution in [0.5, 0.6) is 0 Å². The largest absolute Gasteiger partial charge is 0.331 e. The Morgan fingerprint density at radius 1 is 1.53 bits per heavy atom. The molecule has 1 aromatic heterocycles. The van der Waals surface area contributed by atoms with Crippen molar-refractivity contribution in [3.63, 3.8) is 0 Å². The highest BCUT2D eigenvalue weighted by Gasteiger charge is 2.21. The molecule has 96 valence electrons. The van der Waals surface area contributed by atoms with Crippen LogP contribution in [0.15, 0.2) is 6.07 Å². The first-order valence-electron chi connectivity index (χ1n) is 5.16. The van der Waals surface area contributed by atoms with Gasteiger partial charge in [0.15, 0.2) is 0 Å². The van der Waals surface area contributed by atoms with Crippen molar-refractivity contribution in [3.05, 3.63) is 21.4 Å². The van der Waals surface area contributed by atoms with Crippen molar-refractivity contribution in [1.82, 2.24) is 4.90 Å². The summed E-state index contributed by atoms with van der Waals surface area (Å²) >= 11 is 4.52. The molecule has 1 heterocycles. The summed E-state index contributed by atoms with van der Waals surface area (Å²) in [4.78, 5) is 14.8. The molecule has 0 N–H and O–H groups in total. The molecule has 0 atom stereocenters. The molecule has 0 unspecified atom stereocenters. The van der Waals surface area contributed by atoms with Gasteiger partial charge in [0.2, 0.25) is 0 Å². The van der Waals surface area contributed by atoms with Gasteiger partial charge in [-0.25, -0.2) is 8.78 Å². The van der Waals surface area contributed by atoms with E-state index in [0.717, 1.165) is 10.4 Å². The Morgan fingerprint density at radius 2 is 2.18 bits per heavy atom. The minimum Gasteiger partial charge on any atom is -0.331 e. The number of carbonyl (C=O) groups excluding carboxylic acids is 1. The van der Waals surface area contributed by atoms with Crippen molar-refractivity contribution in [2.24, 2.45) is 0 Å². The lowest BCUT2D eigenvalue weighted by molar-refractivity contribution is 0.0576. The first kappa shape index (κ1) is 14.6. The Balaban J connectivity index is 2.83. The zero-order chi connectivity index (χ0) is 13.0. The lowest BCUT2D eigenvalue weighted by atomic mass is 10.2. The van der Waals surface area contributed by atoms with Crippen molar-refractivity contribution in [2.75, 3.05) is 18.4 Å². The maximum Gasteiger partial charge on any atom is 0.264 e. The van der Waals surface area contributed by atoms with Crippen molar-refractivity contribution in [1.29, 1.82) is 0 Å². The van der Waals surface area contributed by atoms with Crippen LogP contribution in [0.1, 0.15) is 20.1 Å². The number of nitrogens with zero attached hydrogens (tertiary/aromatic N) is 1. The molecular weight excluding hydrogens is 312 g/mol. The Kier molecular flexibility index (Phi) is 5.52. The second-order valence-corrected chi connectivity index (χ2v) is 5.73. The second kappa shape index (κ2) is 6.44. The van der Waals surface area contributed by atoms with Gasteiger partial charge in [0.1, 0.15) is 0 Å². The highest BCUT2D eigenvalue weighted by molar-refractivity contribution is 9.09. The number of thiophene rings is 1. The molecule has 0 aliphatic heterocycles. The van der Waals surface area contributed by atoms with E-state index in [1.807, 2.05) is 13.8 Å². The number of rotatable bonds is 5. The lowest BCUT2D eigenvalue weighted by Gasteiger charge is -2.20. The zero-order valence-electron chi connectivity index (χ0n) is 9.67. The number of halogens is 3. The molecule has 0 bridgehead atoms. The summed E-state index contributed by atoms with van der Waals surface area (Å²) in [6.45, 7) is 3.60. The van der Waals surface area contributed by atoms with Crippen molar-refractivity contribution in [2.45, 2.75) is 20.3 Å².